The molecule has 3 rings (SSSR count). The second-order valence-electron chi connectivity index (χ2n) is 10.0. The number of carbonyl (C=O) groups is 2. The monoisotopic (exact) mass is 565 g/mol. The molecule has 9 heteroatoms. The first-order valence-corrected chi connectivity index (χ1v) is 14.8. The summed E-state index contributed by atoms with van der Waals surface area (Å²) >= 11 is 0. The Morgan fingerprint density at radius 2 is 1.43 bits per heavy atom. The van der Waals surface area contributed by atoms with E-state index in [1.807, 2.05) is 52.0 Å². The Bertz CT molecular complexity index is 1390. The van der Waals surface area contributed by atoms with Crippen LogP contribution in [0.3, 0.4) is 0 Å². The maximum atomic E-state index is 14.0. The van der Waals surface area contributed by atoms with Crippen molar-refractivity contribution in [3.05, 3.63) is 89.5 Å². The number of nitrogens with zero attached hydrogens (tertiary/aromatic N) is 2. The minimum absolute atomic E-state index is 0.0225. The number of rotatable bonds is 12. The molecule has 0 unspecified atom stereocenters. The van der Waals surface area contributed by atoms with Crippen molar-refractivity contribution in [2.24, 2.45) is 0 Å². The Hall–Kier alpha value is -3.85. The van der Waals surface area contributed by atoms with Crippen LogP contribution in [0.15, 0.2) is 77.7 Å². The van der Waals surface area contributed by atoms with Gasteiger partial charge in [-0.1, -0.05) is 54.4 Å². The zero-order valence-electron chi connectivity index (χ0n) is 24.0. The van der Waals surface area contributed by atoms with E-state index in [1.54, 1.807) is 43.3 Å². The molecule has 0 fully saturated rings. The number of hydrogen-bond acceptors (Lipinski definition) is 5. The molecule has 2 amide bonds. The smallest absolute Gasteiger partial charge is 0.264 e. The van der Waals surface area contributed by atoms with Crippen LogP contribution in [0, 0.1) is 13.8 Å². The molecule has 2 atom stereocenters. The van der Waals surface area contributed by atoms with Gasteiger partial charge >= 0.3 is 0 Å². The van der Waals surface area contributed by atoms with Crippen molar-refractivity contribution in [3.8, 4) is 5.75 Å². The number of methoxy groups -OCH3 is 1. The number of aryl methyl sites for hydroxylation is 2. The summed E-state index contributed by atoms with van der Waals surface area (Å²) in [7, 11) is -2.64. The molecule has 0 spiro atoms. The Morgan fingerprint density at radius 1 is 0.875 bits per heavy atom. The Balaban J connectivity index is 2.01. The van der Waals surface area contributed by atoms with Gasteiger partial charge in [-0.05, 0) is 76.1 Å². The maximum Gasteiger partial charge on any atom is 0.264 e. The summed E-state index contributed by atoms with van der Waals surface area (Å²) in [6.45, 7) is 9.07. The van der Waals surface area contributed by atoms with Crippen LogP contribution in [0.25, 0.3) is 0 Å². The predicted molar refractivity (Wildman–Crippen MR) is 158 cm³/mol. The fraction of sp³-hybridized carbons (Fsp3) is 0.355. The summed E-state index contributed by atoms with van der Waals surface area (Å²) in [6.07, 6.45) is 0.742. The van der Waals surface area contributed by atoms with Crippen LogP contribution in [0.5, 0.6) is 5.75 Å². The summed E-state index contributed by atoms with van der Waals surface area (Å²) in [5, 5.41) is 2.94. The summed E-state index contributed by atoms with van der Waals surface area (Å²) in [6, 6.07) is 19.8. The Labute approximate surface area is 238 Å². The molecule has 0 aliphatic rings. The normalized spacial score (nSPS) is 12.8. The van der Waals surface area contributed by atoms with Crippen LogP contribution >= 0.6 is 0 Å². The topological polar surface area (TPSA) is 96.0 Å². The second-order valence-corrected chi connectivity index (χ2v) is 11.9. The standard InChI is InChI=1S/C31H39N3O5S/c1-7-24(4)32-31(36)25(5)33(20-26-12-8-22(2)9-13-26)30(35)21-34(27-14-10-23(3)11-15-27)40(37,38)29-18-16-28(39-6)17-19-29/h8-19,24-25H,7,20-21H2,1-6H3,(H,32,36)/t24-,25+/m1/s1. The zero-order chi connectivity index (χ0) is 29.4. The first kappa shape index (κ1) is 30.7. The van der Waals surface area contributed by atoms with Crippen molar-refractivity contribution in [2.75, 3.05) is 18.0 Å². The summed E-state index contributed by atoms with van der Waals surface area (Å²) in [5.74, 6) is -0.276. The molecular weight excluding hydrogens is 526 g/mol. The third-order valence-electron chi connectivity index (χ3n) is 6.89. The van der Waals surface area contributed by atoms with E-state index in [4.69, 9.17) is 4.74 Å². The fourth-order valence-corrected chi connectivity index (χ4v) is 5.47. The third-order valence-corrected chi connectivity index (χ3v) is 8.68. The van der Waals surface area contributed by atoms with Crippen molar-refractivity contribution in [3.63, 3.8) is 0 Å². The van der Waals surface area contributed by atoms with Crippen LogP contribution in [0.2, 0.25) is 0 Å². The molecule has 40 heavy (non-hydrogen) atoms. The van der Waals surface area contributed by atoms with Gasteiger partial charge in [0.25, 0.3) is 10.0 Å². The summed E-state index contributed by atoms with van der Waals surface area (Å²) in [4.78, 5) is 28.6. The lowest BCUT2D eigenvalue weighted by atomic mass is 10.1. The van der Waals surface area contributed by atoms with Gasteiger partial charge in [0.15, 0.2) is 0 Å². The van der Waals surface area contributed by atoms with Crippen LogP contribution in [0.1, 0.15) is 43.9 Å². The Morgan fingerprint density at radius 3 is 1.95 bits per heavy atom. The minimum Gasteiger partial charge on any atom is -0.497 e. The molecule has 0 aliphatic carbocycles. The molecule has 8 nitrogen and oxygen atoms in total. The summed E-state index contributed by atoms with van der Waals surface area (Å²) in [5.41, 5.74) is 3.21. The molecule has 0 saturated heterocycles. The van der Waals surface area contributed by atoms with E-state index in [0.717, 1.165) is 27.4 Å². The van der Waals surface area contributed by atoms with Crippen molar-refractivity contribution in [1.29, 1.82) is 0 Å². The number of ether oxygens (including phenoxy) is 1. The molecule has 3 aromatic carbocycles. The highest BCUT2D eigenvalue weighted by Gasteiger charge is 2.32. The van der Waals surface area contributed by atoms with E-state index in [9.17, 15) is 18.0 Å². The number of anilines is 1. The molecule has 0 radical (unpaired) electrons. The molecular formula is C31H39N3O5S. The highest BCUT2D eigenvalue weighted by atomic mass is 32.2. The van der Waals surface area contributed by atoms with Gasteiger partial charge in [0, 0.05) is 12.6 Å². The van der Waals surface area contributed by atoms with Crippen molar-refractivity contribution >= 4 is 27.5 Å². The van der Waals surface area contributed by atoms with Gasteiger partial charge in [-0.15, -0.1) is 0 Å². The lowest BCUT2D eigenvalue weighted by molar-refractivity contribution is -0.139. The largest absolute Gasteiger partial charge is 0.497 e. The molecule has 214 valence electrons. The van der Waals surface area contributed by atoms with Gasteiger partial charge in [-0.3, -0.25) is 13.9 Å². The molecule has 3 aromatic rings. The highest BCUT2D eigenvalue weighted by Crippen LogP contribution is 2.26. The molecule has 0 aromatic heterocycles. The van der Waals surface area contributed by atoms with Crippen LogP contribution in [-0.4, -0.2) is 50.9 Å². The number of sulfonamides is 1. The van der Waals surface area contributed by atoms with Crippen LogP contribution in [0.4, 0.5) is 5.69 Å². The number of amides is 2. The zero-order valence-corrected chi connectivity index (χ0v) is 24.9. The SMILES string of the molecule is CC[C@@H](C)NC(=O)[C@H](C)N(Cc1ccc(C)cc1)C(=O)CN(c1ccc(C)cc1)S(=O)(=O)c1ccc(OC)cc1. The minimum atomic E-state index is -4.14. The van der Waals surface area contributed by atoms with Crippen LogP contribution in [-0.2, 0) is 26.2 Å². The average molecular weight is 566 g/mol. The lowest BCUT2D eigenvalue weighted by Crippen LogP contribution is -2.52. The molecule has 0 saturated carbocycles. The van der Waals surface area contributed by atoms with E-state index in [1.165, 1.54) is 24.1 Å². The molecule has 0 bridgehead atoms. The number of hydrogen-bond donors (Lipinski definition) is 1. The van der Waals surface area contributed by atoms with E-state index in [2.05, 4.69) is 5.32 Å². The average Bonchev–Trinajstić information content (AvgIpc) is 2.95. The van der Waals surface area contributed by atoms with Gasteiger partial charge < -0.3 is 15.0 Å². The Kier molecular flexibility index (Phi) is 10.3. The first-order chi connectivity index (χ1) is 19.0. The predicted octanol–water partition coefficient (Wildman–Crippen LogP) is 4.84. The van der Waals surface area contributed by atoms with E-state index < -0.39 is 28.5 Å². The molecule has 1 N–H and O–H groups in total. The van der Waals surface area contributed by atoms with Gasteiger partial charge in [0.2, 0.25) is 11.8 Å². The van der Waals surface area contributed by atoms with Crippen molar-refractivity contribution in [1.82, 2.24) is 10.2 Å². The van der Waals surface area contributed by atoms with Crippen LogP contribution < -0.4 is 14.4 Å². The van der Waals surface area contributed by atoms with Gasteiger partial charge in [-0.25, -0.2) is 8.42 Å². The lowest BCUT2D eigenvalue weighted by Gasteiger charge is -2.32. The van der Waals surface area contributed by atoms with Gasteiger partial charge in [-0.2, -0.15) is 0 Å². The van der Waals surface area contributed by atoms with Crippen molar-refractivity contribution in [2.45, 2.75) is 64.6 Å². The van der Waals surface area contributed by atoms with Gasteiger partial charge in [0.05, 0.1) is 17.7 Å². The quantitative estimate of drug-likeness (QED) is 0.339. The molecule has 0 aliphatic heterocycles. The van der Waals surface area contributed by atoms with E-state index in [-0.39, 0.29) is 23.4 Å². The first-order valence-electron chi connectivity index (χ1n) is 13.3. The van der Waals surface area contributed by atoms with E-state index >= 15 is 0 Å². The number of nitrogens with one attached hydrogen (secondary N) is 1. The maximum absolute atomic E-state index is 14.0. The number of benzene rings is 3. The molecule has 0 heterocycles. The van der Waals surface area contributed by atoms with Gasteiger partial charge in [0.1, 0.15) is 18.3 Å². The van der Waals surface area contributed by atoms with E-state index in [0.29, 0.717) is 11.4 Å². The fourth-order valence-electron chi connectivity index (χ4n) is 4.05. The van der Waals surface area contributed by atoms with Crippen molar-refractivity contribution < 1.29 is 22.7 Å². The highest BCUT2D eigenvalue weighted by molar-refractivity contribution is 7.92. The second kappa shape index (κ2) is 13.5. The number of carbonyl (C=O) groups excluding carboxylic acids is 2. The summed E-state index contributed by atoms with van der Waals surface area (Å²) < 4.78 is 34.1. The third kappa shape index (κ3) is 7.63.